The van der Waals surface area contributed by atoms with Gasteiger partial charge in [0, 0.05) is 19.5 Å². The number of ether oxygens (including phenoxy) is 1. The van der Waals surface area contributed by atoms with Gasteiger partial charge in [0.05, 0.1) is 17.7 Å². The number of benzene rings is 1. The number of aryl methyl sites for hydroxylation is 1. The average molecular weight is 342 g/mol. The standard InChI is InChI=1S/C15H20BrNO3/c1-20-14-4-2-11(10-13(14)16)3-5-15(19)17-8-6-12(18)7-9-17/h2,4,10,12,18H,3,5-9H2,1H3. The molecule has 0 radical (unpaired) electrons. The first-order valence-corrected chi connectivity index (χ1v) is 7.67. The van der Waals surface area contributed by atoms with Crippen molar-refractivity contribution in [2.24, 2.45) is 0 Å². The van der Waals surface area contributed by atoms with E-state index < -0.39 is 0 Å². The molecule has 20 heavy (non-hydrogen) atoms. The van der Waals surface area contributed by atoms with E-state index in [1.807, 2.05) is 23.1 Å². The lowest BCUT2D eigenvalue weighted by Gasteiger charge is -2.29. The first-order valence-electron chi connectivity index (χ1n) is 6.88. The number of piperidine rings is 1. The number of carbonyl (C=O) groups is 1. The minimum absolute atomic E-state index is 0.170. The maximum absolute atomic E-state index is 12.1. The molecule has 0 aromatic heterocycles. The van der Waals surface area contributed by atoms with E-state index in [0.29, 0.717) is 32.4 Å². The quantitative estimate of drug-likeness (QED) is 0.914. The molecular weight excluding hydrogens is 322 g/mol. The van der Waals surface area contributed by atoms with Gasteiger partial charge >= 0.3 is 0 Å². The fourth-order valence-electron chi connectivity index (χ4n) is 2.39. The monoisotopic (exact) mass is 341 g/mol. The Kier molecular flexibility index (Phi) is 5.43. The first kappa shape index (κ1) is 15.3. The molecule has 0 atom stereocenters. The van der Waals surface area contributed by atoms with Gasteiger partial charge in [-0.05, 0) is 52.9 Å². The maximum Gasteiger partial charge on any atom is 0.222 e. The highest BCUT2D eigenvalue weighted by Crippen LogP contribution is 2.26. The number of aliphatic hydroxyl groups is 1. The van der Waals surface area contributed by atoms with E-state index >= 15 is 0 Å². The van der Waals surface area contributed by atoms with Crippen molar-refractivity contribution < 1.29 is 14.6 Å². The van der Waals surface area contributed by atoms with Crippen LogP contribution >= 0.6 is 15.9 Å². The summed E-state index contributed by atoms with van der Waals surface area (Å²) < 4.78 is 6.09. The Labute approximate surface area is 127 Å². The van der Waals surface area contributed by atoms with Crippen LogP contribution in [0.5, 0.6) is 5.75 Å². The third-order valence-electron chi connectivity index (χ3n) is 3.66. The predicted octanol–water partition coefficient (Wildman–Crippen LogP) is 2.37. The Bertz CT molecular complexity index is 470. The number of rotatable bonds is 4. The molecule has 0 bridgehead atoms. The second-order valence-corrected chi connectivity index (χ2v) is 5.94. The molecule has 1 aromatic rings. The molecule has 1 fully saturated rings. The number of aliphatic hydroxyl groups excluding tert-OH is 1. The molecule has 1 heterocycles. The summed E-state index contributed by atoms with van der Waals surface area (Å²) in [5.41, 5.74) is 1.11. The smallest absolute Gasteiger partial charge is 0.222 e. The molecule has 0 spiro atoms. The summed E-state index contributed by atoms with van der Waals surface area (Å²) in [5.74, 6) is 0.967. The lowest BCUT2D eigenvalue weighted by atomic mass is 10.1. The molecule has 2 rings (SSSR count). The van der Waals surface area contributed by atoms with Gasteiger partial charge in [0.1, 0.15) is 5.75 Å². The molecule has 0 saturated carbocycles. The molecule has 110 valence electrons. The molecule has 4 nitrogen and oxygen atoms in total. The molecule has 0 unspecified atom stereocenters. The number of hydrogen-bond donors (Lipinski definition) is 1. The van der Waals surface area contributed by atoms with Crippen LogP contribution in [0.3, 0.4) is 0 Å². The molecule has 5 heteroatoms. The van der Waals surface area contributed by atoms with E-state index in [1.54, 1.807) is 7.11 Å². The Morgan fingerprint density at radius 1 is 1.45 bits per heavy atom. The summed E-state index contributed by atoms with van der Waals surface area (Å²) in [7, 11) is 1.63. The topological polar surface area (TPSA) is 49.8 Å². The van der Waals surface area contributed by atoms with E-state index in [1.165, 1.54) is 0 Å². The van der Waals surface area contributed by atoms with Crippen LogP contribution in [0.1, 0.15) is 24.8 Å². The highest BCUT2D eigenvalue weighted by molar-refractivity contribution is 9.10. The van der Waals surface area contributed by atoms with Gasteiger partial charge in [-0.3, -0.25) is 4.79 Å². The zero-order chi connectivity index (χ0) is 14.5. The normalized spacial score (nSPS) is 16.2. The lowest BCUT2D eigenvalue weighted by Crippen LogP contribution is -2.40. The zero-order valence-electron chi connectivity index (χ0n) is 11.6. The number of carbonyl (C=O) groups excluding carboxylic acids is 1. The molecule has 1 aliphatic heterocycles. The third-order valence-corrected chi connectivity index (χ3v) is 4.28. The van der Waals surface area contributed by atoms with Gasteiger partial charge in [-0.2, -0.15) is 0 Å². The number of halogens is 1. The molecular formula is C15H20BrNO3. The molecule has 1 aromatic carbocycles. The first-order chi connectivity index (χ1) is 9.60. The molecule has 1 N–H and O–H groups in total. The van der Waals surface area contributed by atoms with Gasteiger partial charge in [0.25, 0.3) is 0 Å². The number of methoxy groups -OCH3 is 1. The van der Waals surface area contributed by atoms with Crippen LogP contribution in [0, 0.1) is 0 Å². The second-order valence-electron chi connectivity index (χ2n) is 5.08. The van der Waals surface area contributed by atoms with E-state index in [2.05, 4.69) is 15.9 Å². The molecule has 0 aliphatic carbocycles. The summed E-state index contributed by atoms with van der Waals surface area (Å²) in [6.45, 7) is 1.35. The van der Waals surface area contributed by atoms with E-state index in [4.69, 9.17) is 4.74 Å². The molecule has 1 saturated heterocycles. The summed E-state index contributed by atoms with van der Waals surface area (Å²) in [6, 6.07) is 5.88. The van der Waals surface area contributed by atoms with Crippen LogP contribution in [0.2, 0.25) is 0 Å². The van der Waals surface area contributed by atoms with Gasteiger partial charge in [0.2, 0.25) is 5.91 Å². The predicted molar refractivity (Wildman–Crippen MR) is 80.8 cm³/mol. The highest BCUT2D eigenvalue weighted by atomic mass is 79.9. The maximum atomic E-state index is 12.1. The van der Waals surface area contributed by atoms with Crippen LogP contribution in [0.25, 0.3) is 0 Å². The Morgan fingerprint density at radius 3 is 2.75 bits per heavy atom. The summed E-state index contributed by atoms with van der Waals surface area (Å²) in [4.78, 5) is 13.9. The van der Waals surface area contributed by atoms with Gasteiger partial charge < -0.3 is 14.7 Å². The summed E-state index contributed by atoms with van der Waals surface area (Å²) >= 11 is 3.45. The zero-order valence-corrected chi connectivity index (χ0v) is 13.2. The summed E-state index contributed by atoms with van der Waals surface area (Å²) in [5, 5.41) is 9.44. The fourth-order valence-corrected chi connectivity index (χ4v) is 2.98. The van der Waals surface area contributed by atoms with E-state index in [-0.39, 0.29) is 12.0 Å². The number of hydrogen-bond acceptors (Lipinski definition) is 3. The van der Waals surface area contributed by atoms with Crippen molar-refractivity contribution in [2.45, 2.75) is 31.8 Å². The van der Waals surface area contributed by atoms with Gasteiger partial charge in [-0.15, -0.1) is 0 Å². The number of amides is 1. The van der Waals surface area contributed by atoms with Crippen LogP contribution in [0.4, 0.5) is 0 Å². The van der Waals surface area contributed by atoms with E-state index in [0.717, 1.165) is 22.2 Å². The average Bonchev–Trinajstić information content (AvgIpc) is 2.45. The minimum atomic E-state index is -0.239. The van der Waals surface area contributed by atoms with E-state index in [9.17, 15) is 9.90 Å². The van der Waals surface area contributed by atoms with Crippen LogP contribution in [-0.2, 0) is 11.2 Å². The number of likely N-dealkylation sites (tertiary alicyclic amines) is 1. The SMILES string of the molecule is COc1ccc(CCC(=O)N2CCC(O)CC2)cc1Br. The van der Waals surface area contributed by atoms with Gasteiger partial charge in [0.15, 0.2) is 0 Å². The molecule has 1 amide bonds. The minimum Gasteiger partial charge on any atom is -0.496 e. The Balaban J connectivity index is 1.85. The van der Waals surface area contributed by atoms with Crippen LogP contribution in [0.15, 0.2) is 22.7 Å². The fraction of sp³-hybridized carbons (Fsp3) is 0.533. The lowest BCUT2D eigenvalue weighted by molar-refractivity contribution is -0.133. The van der Waals surface area contributed by atoms with Crippen molar-refractivity contribution in [3.05, 3.63) is 28.2 Å². The van der Waals surface area contributed by atoms with Crippen molar-refractivity contribution in [3.63, 3.8) is 0 Å². The van der Waals surface area contributed by atoms with Crippen LogP contribution in [-0.4, -0.2) is 42.2 Å². The second kappa shape index (κ2) is 7.09. The van der Waals surface area contributed by atoms with Crippen molar-refractivity contribution >= 4 is 21.8 Å². The third kappa shape index (κ3) is 3.96. The molecule has 1 aliphatic rings. The van der Waals surface area contributed by atoms with Crippen molar-refractivity contribution in [2.75, 3.05) is 20.2 Å². The summed E-state index contributed by atoms with van der Waals surface area (Å²) in [6.07, 6.45) is 2.38. The number of nitrogens with zero attached hydrogens (tertiary/aromatic N) is 1. The van der Waals surface area contributed by atoms with Crippen LogP contribution < -0.4 is 4.74 Å². The van der Waals surface area contributed by atoms with Crippen molar-refractivity contribution in [1.29, 1.82) is 0 Å². The van der Waals surface area contributed by atoms with Gasteiger partial charge in [-0.25, -0.2) is 0 Å². The van der Waals surface area contributed by atoms with Crippen molar-refractivity contribution in [1.82, 2.24) is 4.90 Å². The van der Waals surface area contributed by atoms with Crippen molar-refractivity contribution in [3.8, 4) is 5.75 Å². The highest BCUT2D eigenvalue weighted by Gasteiger charge is 2.20. The van der Waals surface area contributed by atoms with Gasteiger partial charge in [-0.1, -0.05) is 6.07 Å². The Hall–Kier alpha value is -1.07. The Morgan fingerprint density at radius 2 is 2.15 bits per heavy atom. The largest absolute Gasteiger partial charge is 0.496 e.